The fourth-order valence-electron chi connectivity index (χ4n) is 1.24. The maximum absolute atomic E-state index is 6.14. The van der Waals surface area contributed by atoms with Crippen LogP contribution in [0.2, 0.25) is 5.02 Å². The Labute approximate surface area is 103 Å². The molecule has 0 aliphatic rings. The molecule has 1 aromatic heterocycles. The van der Waals surface area contributed by atoms with E-state index in [9.17, 15) is 0 Å². The highest BCUT2D eigenvalue weighted by molar-refractivity contribution is 7.99. The molecule has 5 heteroatoms. The largest absolute Gasteiger partial charge is 0.440 e. The summed E-state index contributed by atoms with van der Waals surface area (Å²) in [6.07, 6.45) is 3.14. The van der Waals surface area contributed by atoms with Crippen molar-refractivity contribution in [1.82, 2.24) is 4.98 Å². The lowest BCUT2D eigenvalue weighted by Gasteiger charge is -2.07. The summed E-state index contributed by atoms with van der Waals surface area (Å²) in [4.78, 5) is 4.93. The Bertz CT molecular complexity index is 471. The fraction of sp³-hybridized carbons (Fsp3) is 0.182. The van der Waals surface area contributed by atoms with Crippen molar-refractivity contribution in [1.29, 1.82) is 0 Å². The first-order valence-corrected chi connectivity index (χ1v) is 5.98. The number of nitrogens with two attached hydrogens (primary N) is 1. The van der Waals surface area contributed by atoms with Gasteiger partial charge in [-0.1, -0.05) is 17.7 Å². The molecule has 1 heterocycles. The van der Waals surface area contributed by atoms with Crippen LogP contribution in [0, 0.1) is 0 Å². The lowest BCUT2D eigenvalue weighted by molar-refractivity contribution is 0.454. The van der Waals surface area contributed by atoms with E-state index in [1.165, 1.54) is 18.0 Å². The average molecular weight is 255 g/mol. The number of rotatable bonds is 3. The third-order valence-corrected chi connectivity index (χ3v) is 3.47. The molecular formula is C11H11ClN2OS. The first-order chi connectivity index (χ1) is 7.66. The molecule has 0 saturated heterocycles. The smallest absolute Gasteiger partial charge is 0.260 e. The minimum Gasteiger partial charge on any atom is -0.440 e. The van der Waals surface area contributed by atoms with Gasteiger partial charge in [-0.05, 0) is 36.4 Å². The van der Waals surface area contributed by atoms with Crippen LogP contribution in [0.1, 0.15) is 18.5 Å². The summed E-state index contributed by atoms with van der Waals surface area (Å²) >= 11 is 7.54. The Morgan fingerprint density at radius 3 is 2.88 bits per heavy atom. The van der Waals surface area contributed by atoms with Gasteiger partial charge in [0.05, 0.1) is 11.2 Å². The van der Waals surface area contributed by atoms with Gasteiger partial charge >= 0.3 is 0 Å². The lowest BCUT2D eigenvalue weighted by Crippen LogP contribution is -2.04. The van der Waals surface area contributed by atoms with Gasteiger partial charge in [-0.3, -0.25) is 0 Å². The average Bonchev–Trinajstić information content (AvgIpc) is 2.73. The summed E-state index contributed by atoms with van der Waals surface area (Å²) in [5.41, 5.74) is 6.79. The molecule has 0 amide bonds. The Morgan fingerprint density at radius 1 is 1.50 bits per heavy atom. The summed E-state index contributed by atoms with van der Waals surface area (Å²) in [5, 5.41) is 1.24. The number of aromatic nitrogens is 1. The predicted octanol–water partition coefficient (Wildman–Crippen LogP) is 3.50. The molecule has 3 nitrogen and oxygen atoms in total. The summed E-state index contributed by atoms with van der Waals surface area (Å²) in [6.45, 7) is 1.92. The monoisotopic (exact) mass is 254 g/mol. The number of halogens is 1. The van der Waals surface area contributed by atoms with Crippen LogP contribution in [-0.2, 0) is 0 Å². The van der Waals surface area contributed by atoms with Crippen LogP contribution in [0.15, 0.2) is 45.2 Å². The first-order valence-electron chi connectivity index (χ1n) is 4.79. The molecule has 2 rings (SSSR count). The van der Waals surface area contributed by atoms with E-state index < -0.39 is 0 Å². The highest BCUT2D eigenvalue weighted by Gasteiger charge is 2.08. The second kappa shape index (κ2) is 4.91. The second-order valence-electron chi connectivity index (χ2n) is 3.38. The van der Waals surface area contributed by atoms with Gasteiger partial charge in [-0.15, -0.1) is 0 Å². The molecule has 16 heavy (non-hydrogen) atoms. The summed E-state index contributed by atoms with van der Waals surface area (Å²) in [7, 11) is 0. The third kappa shape index (κ3) is 2.58. The van der Waals surface area contributed by atoms with Gasteiger partial charge in [-0.25, -0.2) is 4.98 Å². The van der Waals surface area contributed by atoms with Crippen LogP contribution in [0.25, 0.3) is 0 Å². The van der Waals surface area contributed by atoms with Gasteiger partial charge in [0.2, 0.25) is 0 Å². The van der Waals surface area contributed by atoms with E-state index in [0.717, 1.165) is 10.5 Å². The van der Waals surface area contributed by atoms with Gasteiger partial charge in [0.15, 0.2) is 0 Å². The molecule has 0 bridgehead atoms. The Morgan fingerprint density at radius 2 is 2.31 bits per heavy atom. The van der Waals surface area contributed by atoms with Crippen molar-refractivity contribution in [2.75, 3.05) is 0 Å². The van der Waals surface area contributed by atoms with Crippen molar-refractivity contribution in [2.45, 2.75) is 23.1 Å². The molecule has 2 aromatic rings. The first kappa shape index (κ1) is 11.5. The van der Waals surface area contributed by atoms with Gasteiger partial charge in [-0.2, -0.15) is 0 Å². The predicted molar refractivity (Wildman–Crippen MR) is 64.7 cm³/mol. The van der Waals surface area contributed by atoms with Crippen LogP contribution in [0.4, 0.5) is 0 Å². The van der Waals surface area contributed by atoms with Crippen molar-refractivity contribution in [2.24, 2.45) is 5.73 Å². The zero-order chi connectivity index (χ0) is 11.5. The molecule has 1 aromatic carbocycles. The summed E-state index contributed by atoms with van der Waals surface area (Å²) in [5.74, 6) is 0. The number of nitrogens with zero attached hydrogens (tertiary/aromatic N) is 1. The number of hydrogen-bond donors (Lipinski definition) is 1. The van der Waals surface area contributed by atoms with Crippen molar-refractivity contribution < 1.29 is 4.42 Å². The molecule has 1 atom stereocenters. The topological polar surface area (TPSA) is 52.0 Å². The van der Waals surface area contributed by atoms with Crippen LogP contribution in [-0.4, -0.2) is 4.98 Å². The minimum absolute atomic E-state index is 0.0155. The van der Waals surface area contributed by atoms with Crippen molar-refractivity contribution in [3.8, 4) is 0 Å². The Hall–Kier alpha value is -0.970. The van der Waals surface area contributed by atoms with Gasteiger partial charge in [0, 0.05) is 10.9 Å². The molecule has 0 spiro atoms. The zero-order valence-electron chi connectivity index (χ0n) is 8.68. The van der Waals surface area contributed by atoms with Crippen molar-refractivity contribution in [3.05, 3.63) is 41.2 Å². The van der Waals surface area contributed by atoms with Crippen LogP contribution >= 0.6 is 23.4 Å². The molecule has 0 aliphatic carbocycles. The van der Waals surface area contributed by atoms with Crippen LogP contribution < -0.4 is 5.73 Å². The van der Waals surface area contributed by atoms with Gasteiger partial charge in [0.1, 0.15) is 6.26 Å². The number of benzene rings is 1. The van der Waals surface area contributed by atoms with E-state index in [-0.39, 0.29) is 6.04 Å². The summed E-state index contributed by atoms with van der Waals surface area (Å²) in [6, 6.07) is 5.74. The lowest BCUT2D eigenvalue weighted by atomic mass is 10.1. The molecule has 0 unspecified atom stereocenters. The van der Waals surface area contributed by atoms with E-state index in [1.807, 2.05) is 25.1 Å². The van der Waals surface area contributed by atoms with Crippen LogP contribution in [0.5, 0.6) is 0 Å². The van der Waals surface area contributed by atoms with Crippen molar-refractivity contribution >= 4 is 23.4 Å². The number of oxazole rings is 1. The van der Waals surface area contributed by atoms with Gasteiger partial charge in [0.25, 0.3) is 5.22 Å². The maximum Gasteiger partial charge on any atom is 0.260 e. The quantitative estimate of drug-likeness (QED) is 0.911. The highest BCUT2D eigenvalue weighted by atomic mass is 35.5. The SMILES string of the molecule is C[C@@H](N)c1ccc(Sc2ncco2)c(Cl)c1. The third-order valence-electron chi connectivity index (χ3n) is 2.09. The molecule has 84 valence electrons. The highest BCUT2D eigenvalue weighted by Crippen LogP contribution is 2.33. The molecule has 0 saturated carbocycles. The van der Waals surface area contributed by atoms with Crippen molar-refractivity contribution in [3.63, 3.8) is 0 Å². The van der Waals surface area contributed by atoms with Gasteiger partial charge < -0.3 is 10.2 Å². The normalized spacial score (nSPS) is 12.7. The Kier molecular flexibility index (Phi) is 3.53. The standard InChI is InChI=1S/C11H11ClN2OS/c1-7(13)8-2-3-10(9(12)6-8)16-11-14-4-5-15-11/h2-7H,13H2,1H3/t7-/m1/s1. The second-order valence-corrected chi connectivity index (χ2v) is 4.78. The molecule has 2 N–H and O–H groups in total. The molecule has 0 aliphatic heterocycles. The minimum atomic E-state index is -0.0155. The van der Waals surface area contributed by atoms with E-state index in [1.54, 1.807) is 6.20 Å². The van der Waals surface area contributed by atoms with Crippen LogP contribution in [0.3, 0.4) is 0 Å². The molecule has 0 fully saturated rings. The van der Waals surface area contributed by atoms with E-state index >= 15 is 0 Å². The maximum atomic E-state index is 6.14. The van der Waals surface area contributed by atoms with E-state index in [2.05, 4.69) is 4.98 Å². The molecular weight excluding hydrogens is 244 g/mol. The number of hydrogen-bond acceptors (Lipinski definition) is 4. The molecule has 0 radical (unpaired) electrons. The van der Waals surface area contributed by atoms with E-state index in [4.69, 9.17) is 21.8 Å². The van der Waals surface area contributed by atoms with E-state index in [0.29, 0.717) is 10.2 Å². The summed E-state index contributed by atoms with van der Waals surface area (Å²) < 4.78 is 5.14. The fourth-order valence-corrected chi connectivity index (χ4v) is 2.24. The zero-order valence-corrected chi connectivity index (χ0v) is 10.3. The Balaban J connectivity index is 2.23.